The van der Waals surface area contributed by atoms with Crippen LogP contribution in [0.2, 0.25) is 0 Å². The van der Waals surface area contributed by atoms with Crippen LogP contribution >= 0.6 is 0 Å². The molecule has 2 bridgehead atoms. The number of aliphatic hydroxyl groups is 1. The molecule has 5 rings (SSSR count). The summed E-state index contributed by atoms with van der Waals surface area (Å²) < 4.78 is 1.94. The van der Waals surface area contributed by atoms with Crippen LogP contribution in [0.3, 0.4) is 0 Å². The van der Waals surface area contributed by atoms with Crippen LogP contribution < -0.4 is 0 Å². The first-order valence-corrected chi connectivity index (χ1v) is 9.03. The number of nitrogens with zero attached hydrogens (tertiary/aromatic N) is 4. The highest BCUT2D eigenvalue weighted by Crippen LogP contribution is 2.46. The number of hydrogen-bond acceptors (Lipinski definition) is 4. The largest absolute Gasteiger partial charge is 0.383 e. The number of fused-ring (bicyclic) bond motifs is 3. The van der Waals surface area contributed by atoms with Crippen LogP contribution in [0.25, 0.3) is 5.78 Å². The summed E-state index contributed by atoms with van der Waals surface area (Å²) in [4.78, 5) is 11.2. The molecule has 5 heteroatoms. The molecule has 0 spiro atoms. The Kier molecular flexibility index (Phi) is 3.40. The zero-order valence-electron chi connectivity index (χ0n) is 14.1. The van der Waals surface area contributed by atoms with Crippen LogP contribution in [0.15, 0.2) is 55.0 Å². The zero-order chi connectivity index (χ0) is 16.9. The minimum atomic E-state index is -0.818. The molecule has 1 N–H and O–H groups in total. The van der Waals surface area contributed by atoms with Crippen LogP contribution in [0.5, 0.6) is 0 Å². The van der Waals surface area contributed by atoms with E-state index in [-0.39, 0.29) is 0 Å². The van der Waals surface area contributed by atoms with Crippen molar-refractivity contribution >= 4 is 5.78 Å². The van der Waals surface area contributed by atoms with Gasteiger partial charge in [0, 0.05) is 31.0 Å². The molecular formula is C20H22N4O. The van der Waals surface area contributed by atoms with E-state index in [1.54, 1.807) is 12.4 Å². The predicted octanol–water partition coefficient (Wildman–Crippen LogP) is 2.74. The zero-order valence-corrected chi connectivity index (χ0v) is 14.1. The summed E-state index contributed by atoms with van der Waals surface area (Å²) in [7, 11) is 0. The molecule has 4 heterocycles. The molecule has 2 aliphatic heterocycles. The van der Waals surface area contributed by atoms with E-state index in [9.17, 15) is 5.11 Å². The maximum atomic E-state index is 11.5. The quantitative estimate of drug-likeness (QED) is 0.800. The standard InChI is InChI=1S/C20H22N4O/c25-20(18-13-22-19-21-9-4-10-23(18)19)11-16-7-8-17(12-20)24(16)14-15-5-2-1-3-6-15/h1-6,9-10,13,16-17,25H,7-8,11-12,14H2. The van der Waals surface area contributed by atoms with E-state index in [4.69, 9.17) is 0 Å². The lowest BCUT2D eigenvalue weighted by molar-refractivity contribution is -0.0628. The predicted molar refractivity (Wildman–Crippen MR) is 94.9 cm³/mol. The van der Waals surface area contributed by atoms with E-state index in [2.05, 4.69) is 45.2 Å². The fourth-order valence-electron chi connectivity index (χ4n) is 4.75. The number of piperidine rings is 1. The molecule has 3 aromatic rings. The molecule has 0 saturated carbocycles. The lowest BCUT2D eigenvalue weighted by Crippen LogP contribution is -2.49. The van der Waals surface area contributed by atoms with Crippen molar-refractivity contribution in [3.63, 3.8) is 0 Å². The van der Waals surface area contributed by atoms with E-state index in [0.717, 1.165) is 37.9 Å². The average Bonchev–Trinajstić information content (AvgIpc) is 3.17. The van der Waals surface area contributed by atoms with Crippen molar-refractivity contribution in [2.75, 3.05) is 0 Å². The summed E-state index contributed by atoms with van der Waals surface area (Å²) in [6, 6.07) is 13.4. The highest BCUT2D eigenvalue weighted by Gasteiger charge is 2.49. The SMILES string of the molecule is OC1(c2cnc3ncccn23)CC2CCC(C1)N2Cc1ccccc1. The van der Waals surface area contributed by atoms with E-state index in [1.165, 1.54) is 5.56 Å². The molecule has 0 aliphatic carbocycles. The first kappa shape index (κ1) is 15.0. The molecule has 2 aliphatic rings. The van der Waals surface area contributed by atoms with Gasteiger partial charge in [-0.25, -0.2) is 9.97 Å². The van der Waals surface area contributed by atoms with Gasteiger partial charge in [0.2, 0.25) is 5.78 Å². The Labute approximate surface area is 147 Å². The van der Waals surface area contributed by atoms with Gasteiger partial charge < -0.3 is 5.11 Å². The van der Waals surface area contributed by atoms with Crippen molar-refractivity contribution in [1.82, 2.24) is 19.3 Å². The first-order valence-electron chi connectivity index (χ1n) is 9.03. The summed E-state index contributed by atoms with van der Waals surface area (Å²) in [6.45, 7) is 0.973. The minimum Gasteiger partial charge on any atom is -0.383 e. The van der Waals surface area contributed by atoms with Gasteiger partial charge in [-0.15, -0.1) is 0 Å². The maximum Gasteiger partial charge on any atom is 0.233 e. The fraction of sp³-hybridized carbons (Fsp3) is 0.400. The molecule has 25 heavy (non-hydrogen) atoms. The second kappa shape index (κ2) is 5.64. The Morgan fingerprint density at radius 3 is 2.56 bits per heavy atom. The van der Waals surface area contributed by atoms with Gasteiger partial charge in [-0.2, -0.15) is 0 Å². The Morgan fingerprint density at radius 2 is 1.80 bits per heavy atom. The fourth-order valence-corrected chi connectivity index (χ4v) is 4.75. The third-order valence-electron chi connectivity index (χ3n) is 5.89. The van der Waals surface area contributed by atoms with E-state index in [0.29, 0.717) is 17.9 Å². The molecule has 2 fully saturated rings. The monoisotopic (exact) mass is 334 g/mol. The normalized spacial score (nSPS) is 29.3. The molecule has 0 radical (unpaired) electrons. The summed E-state index contributed by atoms with van der Waals surface area (Å²) >= 11 is 0. The third kappa shape index (κ3) is 2.46. The number of rotatable bonds is 3. The Bertz CT molecular complexity index is 877. The van der Waals surface area contributed by atoms with Crippen LogP contribution in [-0.4, -0.2) is 36.5 Å². The highest BCUT2D eigenvalue weighted by molar-refractivity contribution is 5.33. The second-order valence-electron chi connectivity index (χ2n) is 7.42. The van der Waals surface area contributed by atoms with Gasteiger partial charge in [0.25, 0.3) is 0 Å². The lowest BCUT2D eigenvalue weighted by atomic mass is 9.83. The topological polar surface area (TPSA) is 53.7 Å². The molecule has 128 valence electrons. The molecule has 2 unspecified atom stereocenters. The third-order valence-corrected chi connectivity index (χ3v) is 5.89. The molecule has 1 aromatic carbocycles. The van der Waals surface area contributed by atoms with Gasteiger partial charge in [-0.1, -0.05) is 30.3 Å². The minimum absolute atomic E-state index is 0.422. The van der Waals surface area contributed by atoms with Crippen molar-refractivity contribution < 1.29 is 5.11 Å². The highest BCUT2D eigenvalue weighted by atomic mass is 16.3. The van der Waals surface area contributed by atoms with Gasteiger partial charge in [0.1, 0.15) is 5.60 Å². The smallest absolute Gasteiger partial charge is 0.233 e. The number of benzene rings is 1. The molecular weight excluding hydrogens is 312 g/mol. The van der Waals surface area contributed by atoms with E-state index < -0.39 is 5.60 Å². The average molecular weight is 334 g/mol. The first-order chi connectivity index (χ1) is 12.2. The van der Waals surface area contributed by atoms with Crippen LogP contribution in [-0.2, 0) is 12.1 Å². The Hall–Kier alpha value is -2.24. The van der Waals surface area contributed by atoms with Gasteiger partial charge in [0.15, 0.2) is 0 Å². The molecule has 2 saturated heterocycles. The second-order valence-corrected chi connectivity index (χ2v) is 7.42. The van der Waals surface area contributed by atoms with E-state index in [1.807, 2.05) is 16.7 Å². The molecule has 2 atom stereocenters. The van der Waals surface area contributed by atoms with Crippen LogP contribution in [0, 0.1) is 0 Å². The number of hydrogen-bond donors (Lipinski definition) is 1. The number of imidazole rings is 1. The molecule has 0 amide bonds. The summed E-state index contributed by atoms with van der Waals surface area (Å²) in [5, 5.41) is 11.5. The van der Waals surface area contributed by atoms with Crippen molar-refractivity contribution in [1.29, 1.82) is 0 Å². The summed E-state index contributed by atoms with van der Waals surface area (Å²) in [5.74, 6) is 0.657. The summed E-state index contributed by atoms with van der Waals surface area (Å²) in [6.07, 6.45) is 9.33. The maximum absolute atomic E-state index is 11.5. The van der Waals surface area contributed by atoms with Crippen LogP contribution in [0.1, 0.15) is 36.9 Å². The van der Waals surface area contributed by atoms with Crippen molar-refractivity contribution in [3.05, 3.63) is 66.2 Å². The number of aromatic nitrogens is 3. The lowest BCUT2D eigenvalue weighted by Gasteiger charge is -2.43. The van der Waals surface area contributed by atoms with Gasteiger partial charge in [-0.3, -0.25) is 9.30 Å². The summed E-state index contributed by atoms with van der Waals surface area (Å²) in [5.41, 5.74) is 1.41. The Balaban J connectivity index is 1.44. The van der Waals surface area contributed by atoms with Gasteiger partial charge >= 0.3 is 0 Å². The van der Waals surface area contributed by atoms with Gasteiger partial charge in [-0.05, 0) is 37.3 Å². The van der Waals surface area contributed by atoms with Gasteiger partial charge in [0.05, 0.1) is 11.9 Å². The molecule has 2 aromatic heterocycles. The van der Waals surface area contributed by atoms with Crippen LogP contribution in [0.4, 0.5) is 0 Å². The van der Waals surface area contributed by atoms with Crippen molar-refractivity contribution in [3.8, 4) is 0 Å². The molecule has 5 nitrogen and oxygen atoms in total. The Morgan fingerprint density at radius 1 is 1.04 bits per heavy atom. The van der Waals surface area contributed by atoms with Crippen molar-refractivity contribution in [2.45, 2.75) is 49.9 Å². The van der Waals surface area contributed by atoms with Crippen molar-refractivity contribution in [2.24, 2.45) is 0 Å². The van der Waals surface area contributed by atoms with E-state index >= 15 is 0 Å².